The first-order valence-corrected chi connectivity index (χ1v) is 5.21. The van der Waals surface area contributed by atoms with E-state index in [9.17, 15) is 0 Å². The zero-order valence-corrected chi connectivity index (χ0v) is 9.36. The van der Waals surface area contributed by atoms with Gasteiger partial charge in [0.2, 0.25) is 0 Å². The van der Waals surface area contributed by atoms with Crippen molar-refractivity contribution in [2.45, 2.75) is 6.54 Å². The fraction of sp³-hybridized carbons (Fsp3) is 0.273. The Labute approximate surface area is 103 Å². The van der Waals surface area contributed by atoms with Crippen LogP contribution in [-0.2, 0) is 13.6 Å². The van der Waals surface area contributed by atoms with Crippen LogP contribution >= 0.6 is 11.6 Å². The summed E-state index contributed by atoms with van der Waals surface area (Å²) in [6, 6.07) is 1.76. The SMILES string of the molecule is [2H]C([2H])([2H])N1Cc2c(nn(C)c2Cl)-c2ccncc21. The predicted octanol–water partition coefficient (Wildman–Crippen LogP) is 2.09. The Balaban J connectivity index is 2.27. The Morgan fingerprint density at radius 1 is 1.56 bits per heavy atom. The van der Waals surface area contributed by atoms with Crippen molar-refractivity contribution in [2.75, 3.05) is 11.9 Å². The minimum Gasteiger partial charge on any atom is -0.368 e. The highest BCUT2D eigenvalue weighted by Gasteiger charge is 2.25. The summed E-state index contributed by atoms with van der Waals surface area (Å²) in [6.45, 7) is -2.04. The smallest absolute Gasteiger partial charge is 0.132 e. The maximum atomic E-state index is 7.64. The second kappa shape index (κ2) is 3.22. The highest BCUT2D eigenvalue weighted by atomic mass is 35.5. The number of halogens is 1. The summed E-state index contributed by atoms with van der Waals surface area (Å²) in [4.78, 5) is 5.33. The van der Waals surface area contributed by atoms with Crippen molar-refractivity contribution in [2.24, 2.45) is 7.05 Å². The van der Waals surface area contributed by atoms with Gasteiger partial charge in [0, 0.05) is 42.0 Å². The molecule has 0 saturated carbocycles. The van der Waals surface area contributed by atoms with Crippen LogP contribution in [0.5, 0.6) is 0 Å². The summed E-state index contributed by atoms with van der Waals surface area (Å²) < 4.78 is 24.5. The van der Waals surface area contributed by atoms with Gasteiger partial charge in [0.25, 0.3) is 0 Å². The molecule has 3 rings (SSSR count). The molecule has 4 nitrogen and oxygen atoms in total. The van der Waals surface area contributed by atoms with E-state index in [2.05, 4.69) is 10.1 Å². The first-order chi connectivity index (χ1) is 8.89. The van der Waals surface area contributed by atoms with Crippen molar-refractivity contribution in [3.63, 3.8) is 0 Å². The third kappa shape index (κ3) is 1.16. The molecule has 0 bridgehead atoms. The number of hydrogen-bond donors (Lipinski definition) is 0. The van der Waals surface area contributed by atoms with Gasteiger partial charge in [-0.3, -0.25) is 9.67 Å². The van der Waals surface area contributed by atoms with Crippen LogP contribution in [0.2, 0.25) is 5.15 Å². The minimum atomic E-state index is -2.24. The summed E-state index contributed by atoms with van der Waals surface area (Å²) in [5, 5.41) is 4.82. The number of hydrogen-bond acceptors (Lipinski definition) is 3. The van der Waals surface area contributed by atoms with Crippen molar-refractivity contribution < 1.29 is 4.11 Å². The van der Waals surface area contributed by atoms with E-state index >= 15 is 0 Å². The lowest BCUT2D eigenvalue weighted by atomic mass is 10.0. The van der Waals surface area contributed by atoms with Crippen molar-refractivity contribution in [3.05, 3.63) is 29.2 Å². The van der Waals surface area contributed by atoms with Gasteiger partial charge in [-0.05, 0) is 6.07 Å². The Kier molecular flexibility index (Phi) is 1.39. The zero-order valence-electron chi connectivity index (χ0n) is 11.6. The normalized spacial score (nSPS) is 17.1. The number of aromatic nitrogens is 3. The van der Waals surface area contributed by atoms with E-state index < -0.39 is 6.98 Å². The lowest BCUT2D eigenvalue weighted by molar-refractivity contribution is 0.771. The van der Waals surface area contributed by atoms with Crippen LogP contribution in [0.1, 0.15) is 9.68 Å². The molecule has 2 aromatic rings. The Hall–Kier alpha value is -1.55. The van der Waals surface area contributed by atoms with Crippen molar-refractivity contribution in [1.82, 2.24) is 14.8 Å². The van der Waals surface area contributed by atoms with Crippen LogP contribution < -0.4 is 4.90 Å². The van der Waals surface area contributed by atoms with E-state index in [1.54, 1.807) is 30.2 Å². The number of pyridine rings is 1. The van der Waals surface area contributed by atoms with Crippen LogP contribution in [0.4, 0.5) is 5.69 Å². The van der Waals surface area contributed by atoms with E-state index in [1.807, 2.05) is 0 Å². The second-order valence-electron chi connectivity index (χ2n) is 3.72. The third-order valence-electron chi connectivity index (χ3n) is 2.73. The van der Waals surface area contributed by atoms with Gasteiger partial charge in [-0.2, -0.15) is 5.10 Å². The van der Waals surface area contributed by atoms with Gasteiger partial charge < -0.3 is 4.90 Å². The molecular formula is C11H11ClN4. The molecule has 3 heterocycles. The van der Waals surface area contributed by atoms with Gasteiger partial charge >= 0.3 is 0 Å². The van der Waals surface area contributed by atoms with Crippen LogP contribution in [0.25, 0.3) is 11.3 Å². The van der Waals surface area contributed by atoms with Gasteiger partial charge in [-0.25, -0.2) is 0 Å². The molecular weight excluding hydrogens is 224 g/mol. The van der Waals surface area contributed by atoms with Gasteiger partial charge in [-0.1, -0.05) is 11.6 Å². The average molecular weight is 238 g/mol. The molecule has 0 radical (unpaired) electrons. The largest absolute Gasteiger partial charge is 0.368 e. The van der Waals surface area contributed by atoms with E-state index in [1.165, 1.54) is 4.90 Å². The Morgan fingerprint density at radius 2 is 2.44 bits per heavy atom. The summed E-state index contributed by atoms with van der Waals surface area (Å²) in [6.07, 6.45) is 3.17. The summed E-state index contributed by atoms with van der Waals surface area (Å²) in [5.74, 6) is 0. The maximum absolute atomic E-state index is 7.64. The molecule has 16 heavy (non-hydrogen) atoms. The highest BCUT2D eigenvalue weighted by molar-refractivity contribution is 6.30. The highest BCUT2D eigenvalue weighted by Crippen LogP contribution is 2.39. The van der Waals surface area contributed by atoms with E-state index in [4.69, 9.17) is 15.7 Å². The molecule has 1 aliphatic heterocycles. The molecule has 0 fully saturated rings. The predicted molar refractivity (Wildman–Crippen MR) is 63.6 cm³/mol. The first-order valence-electron chi connectivity index (χ1n) is 6.33. The lowest BCUT2D eigenvalue weighted by Crippen LogP contribution is -2.21. The number of fused-ring (bicyclic) bond motifs is 3. The molecule has 0 amide bonds. The van der Waals surface area contributed by atoms with Gasteiger partial charge in [0.1, 0.15) is 10.8 Å². The van der Waals surface area contributed by atoms with Gasteiger partial charge in [0.05, 0.1) is 11.9 Å². The third-order valence-corrected chi connectivity index (χ3v) is 3.20. The molecule has 2 aromatic heterocycles. The number of aryl methyl sites for hydroxylation is 1. The number of rotatable bonds is 0. The molecule has 0 N–H and O–H groups in total. The molecule has 1 aliphatic rings. The number of anilines is 1. The van der Waals surface area contributed by atoms with Crippen LogP contribution in [-0.4, -0.2) is 21.7 Å². The van der Waals surface area contributed by atoms with Crippen LogP contribution in [0, 0.1) is 0 Å². The van der Waals surface area contributed by atoms with Gasteiger partial charge in [0.15, 0.2) is 0 Å². The Morgan fingerprint density at radius 3 is 3.25 bits per heavy atom. The fourth-order valence-corrected chi connectivity index (χ4v) is 2.14. The van der Waals surface area contributed by atoms with Crippen LogP contribution in [0.15, 0.2) is 18.5 Å². The van der Waals surface area contributed by atoms with Crippen molar-refractivity contribution in [3.8, 4) is 11.3 Å². The molecule has 0 aromatic carbocycles. The fourth-order valence-electron chi connectivity index (χ4n) is 1.95. The molecule has 0 atom stereocenters. The molecule has 0 saturated heterocycles. The molecule has 0 unspecified atom stereocenters. The van der Waals surface area contributed by atoms with Crippen molar-refractivity contribution >= 4 is 17.3 Å². The maximum Gasteiger partial charge on any atom is 0.132 e. The van der Waals surface area contributed by atoms with E-state index in [0.29, 0.717) is 10.8 Å². The average Bonchev–Trinajstić information content (AvgIpc) is 2.64. The first kappa shape index (κ1) is 6.91. The summed E-state index contributed by atoms with van der Waals surface area (Å²) >= 11 is 6.18. The zero-order chi connectivity index (χ0) is 13.8. The second-order valence-corrected chi connectivity index (χ2v) is 4.08. The topological polar surface area (TPSA) is 34.0 Å². The van der Waals surface area contributed by atoms with Gasteiger partial charge in [-0.15, -0.1) is 0 Å². The number of nitrogens with zero attached hydrogens (tertiary/aromatic N) is 4. The van der Waals surface area contributed by atoms with Crippen molar-refractivity contribution in [1.29, 1.82) is 0 Å². The summed E-state index contributed by atoms with van der Waals surface area (Å²) in [5.41, 5.74) is 2.77. The minimum absolute atomic E-state index is 0.206. The summed E-state index contributed by atoms with van der Waals surface area (Å²) in [7, 11) is 1.74. The molecule has 0 spiro atoms. The molecule has 5 heteroatoms. The Bertz CT molecular complexity index is 650. The monoisotopic (exact) mass is 237 g/mol. The molecule has 82 valence electrons. The lowest BCUT2D eigenvalue weighted by Gasteiger charge is -2.26. The standard InChI is InChI=1S/C11H11ClN4/c1-15-6-8-10(14-16(2)11(8)12)7-3-4-13-5-9(7)15/h3-5H,6H2,1-2H3/i1D3. The van der Waals surface area contributed by atoms with E-state index in [0.717, 1.165) is 16.8 Å². The molecule has 0 aliphatic carbocycles. The quantitative estimate of drug-likeness (QED) is 0.704. The van der Waals surface area contributed by atoms with Crippen LogP contribution in [0.3, 0.4) is 0 Å². The van der Waals surface area contributed by atoms with E-state index in [-0.39, 0.29) is 6.54 Å².